The van der Waals surface area contributed by atoms with Crippen LogP contribution in [0.2, 0.25) is 0 Å². The van der Waals surface area contributed by atoms with Crippen molar-refractivity contribution >= 4 is 11.6 Å². The van der Waals surface area contributed by atoms with E-state index < -0.39 is 0 Å². The van der Waals surface area contributed by atoms with E-state index >= 15 is 0 Å². The number of hydrogen-bond acceptors (Lipinski definition) is 6. The van der Waals surface area contributed by atoms with Crippen molar-refractivity contribution in [2.24, 2.45) is 0 Å². The van der Waals surface area contributed by atoms with Gasteiger partial charge in [-0.05, 0) is 12.5 Å². The fraction of sp³-hybridized carbons (Fsp3) is 0.304. The molecule has 0 unspecified atom stereocenters. The average molecular weight is 390 g/mol. The van der Waals surface area contributed by atoms with Crippen molar-refractivity contribution in [3.63, 3.8) is 0 Å². The Labute approximate surface area is 171 Å². The van der Waals surface area contributed by atoms with E-state index in [1.165, 1.54) is 16.7 Å². The Morgan fingerprint density at radius 1 is 1.07 bits per heavy atom. The zero-order chi connectivity index (χ0) is 20.2. The molecule has 3 aromatic rings. The van der Waals surface area contributed by atoms with Crippen LogP contribution in [-0.4, -0.2) is 35.6 Å². The first kappa shape index (κ1) is 19.2. The molecular formula is C23H26N4O2. The fourth-order valence-corrected chi connectivity index (χ4v) is 3.65. The van der Waals surface area contributed by atoms with Gasteiger partial charge in [-0.15, -0.1) is 0 Å². The maximum absolute atomic E-state index is 5.33. The smallest absolute Gasteiger partial charge is 0.227 e. The molecule has 0 spiro atoms. The van der Waals surface area contributed by atoms with Crippen LogP contribution in [-0.2, 0) is 19.5 Å². The fourth-order valence-electron chi connectivity index (χ4n) is 3.65. The van der Waals surface area contributed by atoms with Crippen molar-refractivity contribution in [1.82, 2.24) is 14.9 Å². The summed E-state index contributed by atoms with van der Waals surface area (Å²) in [6.07, 6.45) is 2.85. The summed E-state index contributed by atoms with van der Waals surface area (Å²) in [7, 11) is 3.27. The molecule has 0 amide bonds. The highest BCUT2D eigenvalue weighted by atomic mass is 16.5. The number of rotatable bonds is 6. The molecule has 0 radical (unpaired) electrons. The van der Waals surface area contributed by atoms with Crippen LogP contribution in [0.25, 0.3) is 0 Å². The largest absolute Gasteiger partial charge is 0.497 e. The van der Waals surface area contributed by atoms with Gasteiger partial charge in [-0.1, -0.05) is 29.8 Å². The van der Waals surface area contributed by atoms with Gasteiger partial charge in [0.15, 0.2) is 0 Å². The van der Waals surface area contributed by atoms with Gasteiger partial charge >= 0.3 is 0 Å². The van der Waals surface area contributed by atoms with Crippen LogP contribution in [0, 0.1) is 6.92 Å². The molecule has 6 heteroatoms. The number of fused-ring (bicyclic) bond motifs is 1. The van der Waals surface area contributed by atoms with Crippen molar-refractivity contribution in [1.29, 1.82) is 0 Å². The predicted octanol–water partition coefficient (Wildman–Crippen LogP) is 4.10. The molecule has 6 nitrogen and oxygen atoms in total. The minimum atomic E-state index is 0.589. The van der Waals surface area contributed by atoms with Gasteiger partial charge in [-0.3, -0.25) is 4.90 Å². The number of anilines is 2. The number of aryl methyl sites for hydroxylation is 1. The maximum Gasteiger partial charge on any atom is 0.227 e. The molecule has 29 heavy (non-hydrogen) atoms. The summed E-state index contributed by atoms with van der Waals surface area (Å²) >= 11 is 0. The van der Waals surface area contributed by atoms with Crippen molar-refractivity contribution in [2.75, 3.05) is 26.1 Å². The van der Waals surface area contributed by atoms with Gasteiger partial charge in [-0.25, -0.2) is 9.97 Å². The van der Waals surface area contributed by atoms with Gasteiger partial charge in [0.1, 0.15) is 11.5 Å². The average Bonchev–Trinajstić information content (AvgIpc) is 2.73. The Hall–Kier alpha value is -3.12. The molecule has 150 valence electrons. The van der Waals surface area contributed by atoms with Crippen LogP contribution in [0.4, 0.5) is 11.6 Å². The highest BCUT2D eigenvalue weighted by molar-refractivity contribution is 5.59. The van der Waals surface area contributed by atoms with E-state index in [4.69, 9.17) is 14.5 Å². The van der Waals surface area contributed by atoms with Crippen molar-refractivity contribution in [3.05, 3.63) is 71.0 Å². The minimum absolute atomic E-state index is 0.589. The third kappa shape index (κ3) is 4.66. The molecule has 0 aliphatic carbocycles. The molecular weight excluding hydrogens is 364 g/mol. The highest BCUT2D eigenvalue weighted by Gasteiger charge is 2.19. The van der Waals surface area contributed by atoms with Gasteiger partial charge in [0.05, 0.1) is 19.9 Å². The van der Waals surface area contributed by atoms with E-state index in [2.05, 4.69) is 46.4 Å². The molecule has 0 atom stereocenters. The van der Waals surface area contributed by atoms with Gasteiger partial charge in [0, 0.05) is 61.7 Å². The predicted molar refractivity (Wildman–Crippen MR) is 114 cm³/mol. The molecule has 0 bridgehead atoms. The number of nitrogens with one attached hydrogen (secondary N) is 1. The Morgan fingerprint density at radius 3 is 2.59 bits per heavy atom. The first-order valence-electron chi connectivity index (χ1n) is 9.76. The zero-order valence-electron chi connectivity index (χ0n) is 17.1. The summed E-state index contributed by atoms with van der Waals surface area (Å²) < 4.78 is 10.7. The van der Waals surface area contributed by atoms with Crippen LogP contribution in [0.3, 0.4) is 0 Å². The summed E-state index contributed by atoms with van der Waals surface area (Å²) in [5.41, 5.74) is 5.78. The second-order valence-corrected chi connectivity index (χ2v) is 7.34. The molecule has 2 aromatic carbocycles. The van der Waals surface area contributed by atoms with E-state index in [0.29, 0.717) is 5.95 Å². The lowest BCUT2D eigenvalue weighted by atomic mass is 10.1. The molecule has 1 N–H and O–H groups in total. The summed E-state index contributed by atoms with van der Waals surface area (Å²) in [4.78, 5) is 11.7. The summed E-state index contributed by atoms with van der Waals surface area (Å²) in [5.74, 6) is 2.03. The van der Waals surface area contributed by atoms with Crippen LogP contribution < -0.4 is 14.8 Å². The molecule has 2 heterocycles. The number of hydrogen-bond donors (Lipinski definition) is 1. The van der Waals surface area contributed by atoms with Gasteiger partial charge in [0.2, 0.25) is 5.95 Å². The highest BCUT2D eigenvalue weighted by Crippen LogP contribution is 2.28. The maximum atomic E-state index is 5.33. The van der Waals surface area contributed by atoms with Crippen LogP contribution in [0.5, 0.6) is 11.5 Å². The number of ether oxygens (including phenoxy) is 2. The summed E-state index contributed by atoms with van der Waals surface area (Å²) in [6.45, 7) is 4.95. The first-order valence-corrected chi connectivity index (χ1v) is 9.76. The Balaban J connectivity index is 1.46. The Bertz CT molecular complexity index is 984. The van der Waals surface area contributed by atoms with Crippen LogP contribution >= 0.6 is 0 Å². The summed E-state index contributed by atoms with van der Waals surface area (Å²) in [6, 6.07) is 14.3. The molecule has 1 aliphatic rings. The number of nitrogens with zero attached hydrogens (tertiary/aromatic N) is 3. The number of methoxy groups -OCH3 is 2. The SMILES string of the molecule is COc1cc(Nc2ncc3c(n2)CCN(Cc2cccc(C)c2)C3)cc(OC)c1. The Kier molecular flexibility index (Phi) is 5.62. The lowest BCUT2D eigenvalue weighted by Crippen LogP contribution is -2.31. The Morgan fingerprint density at radius 2 is 1.86 bits per heavy atom. The molecule has 0 saturated carbocycles. The lowest BCUT2D eigenvalue weighted by Gasteiger charge is -2.28. The van der Waals surface area contributed by atoms with E-state index in [9.17, 15) is 0 Å². The normalized spacial score (nSPS) is 13.6. The third-order valence-corrected chi connectivity index (χ3v) is 5.11. The monoisotopic (exact) mass is 390 g/mol. The molecule has 0 fully saturated rings. The second-order valence-electron chi connectivity index (χ2n) is 7.34. The van der Waals surface area contributed by atoms with Crippen LogP contribution in [0.1, 0.15) is 22.4 Å². The van der Waals surface area contributed by atoms with Gasteiger partial charge < -0.3 is 14.8 Å². The second kappa shape index (κ2) is 8.49. The zero-order valence-corrected chi connectivity index (χ0v) is 17.1. The molecule has 0 saturated heterocycles. The van der Waals surface area contributed by atoms with E-state index in [1.807, 2.05) is 24.4 Å². The minimum Gasteiger partial charge on any atom is -0.497 e. The first-order chi connectivity index (χ1) is 14.1. The van der Waals surface area contributed by atoms with Crippen LogP contribution in [0.15, 0.2) is 48.7 Å². The van der Waals surface area contributed by atoms with E-state index in [0.717, 1.165) is 48.9 Å². The molecule has 1 aliphatic heterocycles. The van der Waals surface area contributed by atoms with Crippen molar-refractivity contribution < 1.29 is 9.47 Å². The molecule has 1 aromatic heterocycles. The molecule has 4 rings (SSSR count). The topological polar surface area (TPSA) is 59.5 Å². The van der Waals surface area contributed by atoms with Crippen molar-refractivity contribution in [2.45, 2.75) is 26.4 Å². The standard InChI is InChI=1S/C23H26N4O2/c1-16-5-4-6-17(9-16)14-27-8-7-22-18(15-27)13-24-23(26-22)25-19-10-20(28-2)12-21(11-19)29-3/h4-6,9-13H,7-8,14-15H2,1-3H3,(H,24,25,26). The lowest BCUT2D eigenvalue weighted by molar-refractivity contribution is 0.243. The summed E-state index contributed by atoms with van der Waals surface area (Å²) in [5, 5.41) is 3.26. The quantitative estimate of drug-likeness (QED) is 0.684. The van der Waals surface area contributed by atoms with Crippen molar-refractivity contribution in [3.8, 4) is 11.5 Å². The third-order valence-electron chi connectivity index (χ3n) is 5.11. The van der Waals surface area contributed by atoms with Gasteiger partial charge in [-0.2, -0.15) is 0 Å². The van der Waals surface area contributed by atoms with E-state index in [1.54, 1.807) is 14.2 Å². The number of benzene rings is 2. The van der Waals surface area contributed by atoms with Gasteiger partial charge in [0.25, 0.3) is 0 Å². The number of aromatic nitrogens is 2. The van der Waals surface area contributed by atoms with E-state index in [-0.39, 0.29) is 0 Å².